The number of likely N-dealkylation sites (tertiary alicyclic amines) is 1. The molecule has 7 heteroatoms. The molecule has 3 aromatic rings. The number of halogens is 1. The monoisotopic (exact) mass is 466 g/mol. The number of benzene rings is 2. The van der Waals surface area contributed by atoms with Crippen LogP contribution in [0.15, 0.2) is 59.8 Å². The SMILES string of the molecule is Fc1ccccc1CN1CCC(c2nnc(SCC3CCCO3)n2Cc2ccccc2)CC1. The second-order valence-electron chi connectivity index (χ2n) is 9.00. The maximum atomic E-state index is 14.1. The summed E-state index contributed by atoms with van der Waals surface area (Å²) in [6, 6.07) is 17.6. The zero-order valence-corrected chi connectivity index (χ0v) is 19.7. The highest BCUT2D eigenvalue weighted by atomic mass is 32.2. The van der Waals surface area contributed by atoms with E-state index in [1.165, 1.54) is 5.56 Å². The molecule has 0 spiro atoms. The van der Waals surface area contributed by atoms with Gasteiger partial charge in [0.25, 0.3) is 0 Å². The zero-order chi connectivity index (χ0) is 22.5. The van der Waals surface area contributed by atoms with Gasteiger partial charge < -0.3 is 9.30 Å². The summed E-state index contributed by atoms with van der Waals surface area (Å²) in [7, 11) is 0. The molecular formula is C26H31FN4OS. The van der Waals surface area contributed by atoms with E-state index in [-0.39, 0.29) is 5.82 Å². The number of thioether (sulfide) groups is 1. The van der Waals surface area contributed by atoms with Gasteiger partial charge in [-0.1, -0.05) is 60.3 Å². The second kappa shape index (κ2) is 10.8. The average molecular weight is 467 g/mol. The Balaban J connectivity index is 1.28. The first kappa shape index (κ1) is 22.6. The van der Waals surface area contributed by atoms with E-state index in [1.807, 2.05) is 12.1 Å². The Morgan fingerprint density at radius 3 is 2.48 bits per heavy atom. The van der Waals surface area contributed by atoms with E-state index >= 15 is 0 Å². The van der Waals surface area contributed by atoms with Crippen molar-refractivity contribution >= 4 is 11.8 Å². The molecule has 0 aliphatic carbocycles. The molecule has 2 aromatic carbocycles. The summed E-state index contributed by atoms with van der Waals surface area (Å²) >= 11 is 1.76. The van der Waals surface area contributed by atoms with E-state index in [4.69, 9.17) is 4.74 Å². The Labute approximate surface area is 199 Å². The number of hydrogen-bond donors (Lipinski definition) is 0. The maximum absolute atomic E-state index is 14.1. The van der Waals surface area contributed by atoms with E-state index in [2.05, 4.69) is 50.0 Å². The van der Waals surface area contributed by atoms with Crippen LogP contribution in [0.25, 0.3) is 0 Å². The minimum Gasteiger partial charge on any atom is -0.377 e. The summed E-state index contributed by atoms with van der Waals surface area (Å²) < 4.78 is 22.2. The second-order valence-corrected chi connectivity index (χ2v) is 9.99. The summed E-state index contributed by atoms with van der Waals surface area (Å²) in [6.07, 6.45) is 4.63. The number of nitrogens with zero attached hydrogens (tertiary/aromatic N) is 4. The van der Waals surface area contributed by atoms with Crippen molar-refractivity contribution in [3.63, 3.8) is 0 Å². The normalized spacial score (nSPS) is 19.8. The molecule has 174 valence electrons. The predicted molar refractivity (Wildman–Crippen MR) is 129 cm³/mol. The number of hydrogen-bond acceptors (Lipinski definition) is 5. The van der Waals surface area contributed by atoms with Crippen LogP contribution < -0.4 is 0 Å². The molecule has 0 N–H and O–H groups in total. The van der Waals surface area contributed by atoms with Gasteiger partial charge in [-0.2, -0.15) is 0 Å². The first-order chi connectivity index (χ1) is 16.3. The van der Waals surface area contributed by atoms with Crippen molar-refractivity contribution in [2.45, 2.75) is 56.0 Å². The molecule has 2 fully saturated rings. The van der Waals surface area contributed by atoms with Gasteiger partial charge in [-0.05, 0) is 50.4 Å². The lowest BCUT2D eigenvalue weighted by atomic mass is 9.95. The molecule has 1 aromatic heterocycles. The molecule has 2 aliphatic rings. The molecule has 33 heavy (non-hydrogen) atoms. The molecule has 0 bridgehead atoms. The summed E-state index contributed by atoms with van der Waals surface area (Å²) in [6.45, 7) is 4.20. The number of rotatable bonds is 8. The molecule has 3 heterocycles. The van der Waals surface area contributed by atoms with E-state index in [0.717, 1.165) is 74.2 Å². The van der Waals surface area contributed by atoms with Crippen LogP contribution in [0.2, 0.25) is 0 Å². The molecule has 0 radical (unpaired) electrons. The van der Waals surface area contributed by atoms with Crippen LogP contribution in [0.4, 0.5) is 4.39 Å². The van der Waals surface area contributed by atoms with E-state index < -0.39 is 0 Å². The quantitative estimate of drug-likeness (QED) is 0.431. The van der Waals surface area contributed by atoms with Gasteiger partial charge in [0.05, 0.1) is 12.6 Å². The van der Waals surface area contributed by atoms with Crippen molar-refractivity contribution in [1.29, 1.82) is 0 Å². The van der Waals surface area contributed by atoms with Gasteiger partial charge in [0.2, 0.25) is 0 Å². The third-order valence-electron chi connectivity index (χ3n) is 6.66. The van der Waals surface area contributed by atoms with E-state index in [0.29, 0.717) is 18.6 Å². The molecular weight excluding hydrogens is 435 g/mol. The standard InChI is InChI=1S/C26H31FN4OS/c27-24-11-5-4-9-22(24)18-30-14-12-21(13-15-30)25-28-29-26(33-19-23-10-6-16-32-23)31(25)17-20-7-2-1-3-8-20/h1-5,7-9,11,21,23H,6,10,12-19H2. The molecule has 0 amide bonds. The maximum Gasteiger partial charge on any atom is 0.191 e. The first-order valence-electron chi connectivity index (χ1n) is 11.9. The first-order valence-corrected chi connectivity index (χ1v) is 12.9. The molecule has 0 saturated carbocycles. The van der Waals surface area contributed by atoms with E-state index in [1.54, 1.807) is 23.9 Å². The van der Waals surface area contributed by atoms with Crippen LogP contribution in [-0.4, -0.2) is 51.2 Å². The van der Waals surface area contributed by atoms with E-state index in [9.17, 15) is 4.39 Å². The summed E-state index contributed by atoms with van der Waals surface area (Å²) in [5.74, 6) is 2.26. The van der Waals surface area contributed by atoms with Gasteiger partial charge in [-0.25, -0.2) is 4.39 Å². The molecule has 2 aliphatic heterocycles. The van der Waals surface area contributed by atoms with Gasteiger partial charge in [-0.3, -0.25) is 4.90 Å². The smallest absolute Gasteiger partial charge is 0.191 e. The van der Waals surface area contributed by atoms with Crippen molar-refractivity contribution in [2.24, 2.45) is 0 Å². The minimum absolute atomic E-state index is 0.116. The average Bonchev–Trinajstić information content (AvgIpc) is 3.51. The van der Waals surface area contributed by atoms with Gasteiger partial charge in [0.15, 0.2) is 5.16 Å². The highest BCUT2D eigenvalue weighted by molar-refractivity contribution is 7.99. The fourth-order valence-corrected chi connectivity index (χ4v) is 5.79. The number of aromatic nitrogens is 3. The molecule has 5 rings (SSSR count). The Hall–Kier alpha value is -2.22. The highest BCUT2D eigenvalue weighted by Gasteiger charge is 2.27. The molecule has 5 nitrogen and oxygen atoms in total. The van der Waals surface area contributed by atoms with Crippen molar-refractivity contribution in [3.05, 3.63) is 77.4 Å². The fourth-order valence-electron chi connectivity index (χ4n) is 4.78. The third-order valence-corrected chi connectivity index (χ3v) is 7.75. The highest BCUT2D eigenvalue weighted by Crippen LogP contribution is 2.31. The van der Waals surface area contributed by atoms with Gasteiger partial charge in [-0.15, -0.1) is 10.2 Å². The number of ether oxygens (including phenoxy) is 1. The van der Waals surface area contributed by atoms with Gasteiger partial charge in [0, 0.05) is 30.4 Å². The molecule has 1 atom stereocenters. The third kappa shape index (κ3) is 5.65. The predicted octanol–water partition coefficient (Wildman–Crippen LogP) is 5.12. The van der Waals surface area contributed by atoms with Crippen LogP contribution in [0.1, 0.15) is 48.6 Å². The zero-order valence-electron chi connectivity index (χ0n) is 18.9. The molecule has 1 unspecified atom stereocenters. The van der Waals surface area contributed by atoms with Crippen molar-refractivity contribution in [3.8, 4) is 0 Å². The molecule has 2 saturated heterocycles. The van der Waals surface area contributed by atoms with Gasteiger partial charge >= 0.3 is 0 Å². The van der Waals surface area contributed by atoms with Crippen LogP contribution in [0.3, 0.4) is 0 Å². The fraction of sp³-hybridized carbons (Fsp3) is 0.462. The topological polar surface area (TPSA) is 43.2 Å². The summed E-state index contributed by atoms with van der Waals surface area (Å²) in [5.41, 5.74) is 2.03. The van der Waals surface area contributed by atoms with Crippen LogP contribution in [0.5, 0.6) is 0 Å². The minimum atomic E-state index is -0.116. The largest absolute Gasteiger partial charge is 0.377 e. The lowest BCUT2D eigenvalue weighted by molar-refractivity contribution is 0.129. The van der Waals surface area contributed by atoms with Crippen LogP contribution >= 0.6 is 11.8 Å². The van der Waals surface area contributed by atoms with Gasteiger partial charge in [0.1, 0.15) is 11.6 Å². The Morgan fingerprint density at radius 2 is 1.73 bits per heavy atom. The van der Waals surface area contributed by atoms with Crippen molar-refractivity contribution < 1.29 is 9.13 Å². The van der Waals surface area contributed by atoms with Crippen molar-refractivity contribution in [2.75, 3.05) is 25.4 Å². The Bertz CT molecular complexity index is 1030. The van der Waals surface area contributed by atoms with Crippen molar-refractivity contribution in [1.82, 2.24) is 19.7 Å². The summed E-state index contributed by atoms with van der Waals surface area (Å²) in [5, 5.41) is 10.3. The lowest BCUT2D eigenvalue weighted by Gasteiger charge is -2.31. The summed E-state index contributed by atoms with van der Waals surface area (Å²) in [4.78, 5) is 2.35. The Morgan fingerprint density at radius 1 is 0.939 bits per heavy atom. The van der Waals surface area contributed by atoms with Crippen LogP contribution in [-0.2, 0) is 17.8 Å². The number of piperidine rings is 1. The van der Waals surface area contributed by atoms with Crippen LogP contribution in [0, 0.1) is 5.82 Å². The Kier molecular flexibility index (Phi) is 7.39. The lowest BCUT2D eigenvalue weighted by Crippen LogP contribution is -2.33.